The number of fused-ring (bicyclic) bond motifs is 1. The Morgan fingerprint density at radius 1 is 1.32 bits per heavy atom. The number of ether oxygens (including phenoxy) is 2. The first kappa shape index (κ1) is 18.2. The smallest absolute Gasteiger partial charge is 0.408 e. The number of esters is 1. The van der Waals surface area contributed by atoms with Gasteiger partial charge in [-0.2, -0.15) is 0 Å². The van der Waals surface area contributed by atoms with Crippen LogP contribution in [0.15, 0.2) is 18.2 Å². The first-order chi connectivity index (χ1) is 11.7. The van der Waals surface area contributed by atoms with E-state index in [4.69, 9.17) is 15.2 Å². The van der Waals surface area contributed by atoms with Crippen molar-refractivity contribution in [1.82, 2.24) is 20.7 Å². The van der Waals surface area contributed by atoms with E-state index in [1.807, 2.05) is 0 Å². The van der Waals surface area contributed by atoms with Gasteiger partial charge in [0.05, 0.1) is 11.9 Å². The van der Waals surface area contributed by atoms with Crippen molar-refractivity contribution in [2.75, 3.05) is 0 Å². The minimum absolute atomic E-state index is 0.136. The van der Waals surface area contributed by atoms with Crippen molar-refractivity contribution in [3.8, 4) is 5.75 Å². The molecule has 0 aliphatic rings. The van der Waals surface area contributed by atoms with Gasteiger partial charge in [-0.25, -0.2) is 9.59 Å². The number of aromatic amines is 1. The van der Waals surface area contributed by atoms with E-state index in [1.165, 1.54) is 6.07 Å². The number of benzene rings is 1. The highest BCUT2D eigenvalue weighted by Crippen LogP contribution is 2.22. The zero-order valence-corrected chi connectivity index (χ0v) is 14.0. The summed E-state index contributed by atoms with van der Waals surface area (Å²) in [5, 5.41) is 12.4. The van der Waals surface area contributed by atoms with Crippen LogP contribution in [0, 0.1) is 0 Å². The summed E-state index contributed by atoms with van der Waals surface area (Å²) in [6.45, 7) is 5.00. The van der Waals surface area contributed by atoms with Crippen LogP contribution in [-0.4, -0.2) is 45.0 Å². The number of hydrogen-bond donors (Lipinski definition) is 3. The van der Waals surface area contributed by atoms with E-state index in [1.54, 1.807) is 32.9 Å². The van der Waals surface area contributed by atoms with Crippen molar-refractivity contribution in [1.29, 1.82) is 0 Å². The quantitative estimate of drug-likeness (QED) is 0.529. The largest absolute Gasteiger partial charge is 0.444 e. The number of carbonyl (C=O) groups is 3. The lowest BCUT2D eigenvalue weighted by Gasteiger charge is -2.22. The molecule has 2 aromatic rings. The maximum atomic E-state index is 12.4. The fourth-order valence-corrected chi connectivity index (χ4v) is 1.95. The molecular weight excluding hydrogens is 330 g/mol. The third-order valence-corrected chi connectivity index (χ3v) is 2.91. The summed E-state index contributed by atoms with van der Waals surface area (Å²) >= 11 is 0. The van der Waals surface area contributed by atoms with Gasteiger partial charge in [-0.1, -0.05) is 11.3 Å². The van der Waals surface area contributed by atoms with Crippen LogP contribution in [0.5, 0.6) is 5.75 Å². The van der Waals surface area contributed by atoms with Gasteiger partial charge in [0.2, 0.25) is 5.91 Å². The molecular formula is C15H19N5O5. The predicted molar refractivity (Wildman–Crippen MR) is 86.5 cm³/mol. The molecule has 0 radical (unpaired) electrons. The Kier molecular flexibility index (Phi) is 5.20. The van der Waals surface area contributed by atoms with E-state index in [0.29, 0.717) is 11.0 Å². The molecule has 1 atom stereocenters. The number of H-pyrrole nitrogens is 1. The number of nitrogens with zero attached hydrogens (tertiary/aromatic N) is 2. The average molecular weight is 349 g/mol. The van der Waals surface area contributed by atoms with Crippen molar-refractivity contribution in [3.63, 3.8) is 0 Å². The number of hydrogen-bond acceptors (Lipinski definition) is 7. The van der Waals surface area contributed by atoms with Crippen LogP contribution in [0.4, 0.5) is 4.79 Å². The maximum Gasteiger partial charge on any atom is 0.408 e. The first-order valence-electron chi connectivity index (χ1n) is 7.45. The Morgan fingerprint density at radius 2 is 2.04 bits per heavy atom. The van der Waals surface area contributed by atoms with E-state index in [2.05, 4.69) is 20.7 Å². The van der Waals surface area contributed by atoms with E-state index >= 15 is 0 Å². The van der Waals surface area contributed by atoms with Gasteiger partial charge in [0, 0.05) is 0 Å². The minimum atomic E-state index is -1.30. The summed E-state index contributed by atoms with van der Waals surface area (Å²) < 4.78 is 10.3. The van der Waals surface area contributed by atoms with Gasteiger partial charge < -0.3 is 20.5 Å². The van der Waals surface area contributed by atoms with Crippen LogP contribution in [0.1, 0.15) is 27.2 Å². The SMILES string of the molecule is CC(C)(C)OC(=O)N[C@@H](CC(N)=O)C(=O)Oc1cccc2[nH]nnc12. The molecule has 0 fully saturated rings. The molecule has 0 saturated heterocycles. The molecule has 0 aliphatic heterocycles. The number of amides is 2. The summed E-state index contributed by atoms with van der Waals surface area (Å²) in [7, 11) is 0. The van der Waals surface area contributed by atoms with E-state index in [9.17, 15) is 14.4 Å². The molecule has 0 aliphatic carbocycles. The second-order valence-corrected chi connectivity index (χ2v) is 6.25. The van der Waals surface area contributed by atoms with E-state index < -0.39 is 36.0 Å². The van der Waals surface area contributed by atoms with Crippen molar-refractivity contribution >= 4 is 29.0 Å². The lowest BCUT2D eigenvalue weighted by atomic mass is 10.2. The third kappa shape index (κ3) is 5.16. The van der Waals surface area contributed by atoms with Gasteiger partial charge in [0.25, 0.3) is 0 Å². The van der Waals surface area contributed by atoms with E-state index in [-0.39, 0.29) is 5.75 Å². The topological polar surface area (TPSA) is 149 Å². The molecule has 0 spiro atoms. The highest BCUT2D eigenvalue weighted by atomic mass is 16.6. The third-order valence-electron chi connectivity index (χ3n) is 2.91. The lowest BCUT2D eigenvalue weighted by molar-refractivity contribution is -0.138. The van der Waals surface area contributed by atoms with Crippen molar-refractivity contribution in [2.45, 2.75) is 38.8 Å². The number of nitrogens with two attached hydrogens (primary N) is 1. The fourth-order valence-electron chi connectivity index (χ4n) is 1.95. The van der Waals surface area contributed by atoms with Crippen LogP contribution in [0.25, 0.3) is 11.0 Å². The Bertz CT molecular complexity index is 795. The van der Waals surface area contributed by atoms with Crippen LogP contribution < -0.4 is 15.8 Å². The average Bonchev–Trinajstić information content (AvgIpc) is 2.93. The van der Waals surface area contributed by atoms with Crippen LogP contribution in [-0.2, 0) is 14.3 Å². The normalized spacial score (nSPS) is 12.4. The summed E-state index contributed by atoms with van der Waals surface area (Å²) in [4.78, 5) is 35.4. The van der Waals surface area contributed by atoms with Gasteiger partial charge in [0.1, 0.15) is 11.6 Å². The Hall–Kier alpha value is -3.17. The van der Waals surface area contributed by atoms with Crippen LogP contribution in [0.3, 0.4) is 0 Å². The molecule has 1 aromatic heterocycles. The summed E-state index contributed by atoms with van der Waals surface area (Å²) in [5.41, 5.74) is 5.27. The number of rotatable bonds is 5. The van der Waals surface area contributed by atoms with Gasteiger partial charge >= 0.3 is 12.1 Å². The Labute approximate surface area is 143 Å². The molecule has 1 heterocycles. The summed E-state index contributed by atoms with van der Waals surface area (Å²) in [6.07, 6.45) is -1.30. The van der Waals surface area contributed by atoms with Gasteiger partial charge in [-0.15, -0.1) is 5.10 Å². The van der Waals surface area contributed by atoms with Crippen LogP contribution in [0.2, 0.25) is 0 Å². The van der Waals surface area contributed by atoms with Crippen molar-refractivity contribution in [2.24, 2.45) is 5.73 Å². The standard InChI is InChI=1S/C15H19N5O5/c1-15(2,3)25-14(23)17-9(7-11(16)21)13(22)24-10-6-4-5-8-12(10)19-20-18-8/h4-6,9H,7H2,1-3H3,(H2,16,21)(H,17,23)(H,18,19,20)/t9-/m0/s1. The number of primary amides is 1. The van der Waals surface area contributed by atoms with Crippen LogP contribution >= 0.6 is 0 Å². The number of carbonyl (C=O) groups excluding carboxylic acids is 3. The van der Waals surface area contributed by atoms with E-state index in [0.717, 1.165) is 0 Å². The number of nitrogens with one attached hydrogen (secondary N) is 2. The molecule has 0 saturated carbocycles. The molecule has 1 aromatic carbocycles. The minimum Gasteiger partial charge on any atom is -0.444 e. The molecule has 10 nitrogen and oxygen atoms in total. The highest BCUT2D eigenvalue weighted by molar-refractivity contribution is 5.90. The zero-order valence-electron chi connectivity index (χ0n) is 14.0. The molecule has 0 unspecified atom stereocenters. The lowest BCUT2D eigenvalue weighted by Crippen LogP contribution is -2.47. The van der Waals surface area contributed by atoms with Gasteiger partial charge in [-0.3, -0.25) is 9.89 Å². The predicted octanol–water partition coefficient (Wildman–Crippen LogP) is 0.632. The molecule has 134 valence electrons. The number of alkyl carbamates (subject to hydrolysis) is 1. The van der Waals surface area contributed by atoms with Gasteiger partial charge in [0.15, 0.2) is 11.3 Å². The first-order valence-corrected chi connectivity index (χ1v) is 7.45. The molecule has 4 N–H and O–H groups in total. The van der Waals surface area contributed by atoms with Crippen molar-refractivity contribution in [3.05, 3.63) is 18.2 Å². The zero-order chi connectivity index (χ0) is 18.6. The maximum absolute atomic E-state index is 12.4. The van der Waals surface area contributed by atoms with Crippen molar-refractivity contribution < 1.29 is 23.9 Å². The molecule has 25 heavy (non-hydrogen) atoms. The van der Waals surface area contributed by atoms with Gasteiger partial charge in [-0.05, 0) is 32.9 Å². The summed E-state index contributed by atoms with van der Waals surface area (Å²) in [6, 6.07) is 3.55. The monoisotopic (exact) mass is 349 g/mol. The Morgan fingerprint density at radius 3 is 2.68 bits per heavy atom. The second-order valence-electron chi connectivity index (χ2n) is 6.25. The highest BCUT2D eigenvalue weighted by Gasteiger charge is 2.28. The number of aromatic nitrogens is 3. The summed E-state index contributed by atoms with van der Waals surface area (Å²) in [5.74, 6) is -1.52. The molecule has 10 heteroatoms. The fraction of sp³-hybridized carbons (Fsp3) is 0.400. The molecule has 2 amide bonds. The second kappa shape index (κ2) is 7.16. The molecule has 2 rings (SSSR count). The molecule has 0 bridgehead atoms. The Balaban J connectivity index is 2.14.